The molecule has 80 valence electrons. The van der Waals surface area contributed by atoms with E-state index in [-0.39, 0.29) is 0 Å². The van der Waals surface area contributed by atoms with Crippen LogP contribution in [-0.4, -0.2) is 9.97 Å². The average molecular weight is 249 g/mol. The van der Waals surface area contributed by atoms with Gasteiger partial charge in [0.2, 0.25) is 0 Å². The molecule has 0 radical (unpaired) electrons. The Morgan fingerprint density at radius 3 is 2.88 bits per heavy atom. The standard InChI is InChI=1S/C12H9ClN2S/c1-7-5-16-6-8(7)12-14-10-4-2-3-9(13)11(10)15-12/h2-6H,1H3,(H,14,15). The summed E-state index contributed by atoms with van der Waals surface area (Å²) >= 11 is 7.77. The van der Waals surface area contributed by atoms with Crippen molar-refractivity contribution in [3.05, 3.63) is 39.5 Å². The second kappa shape index (κ2) is 3.61. The third-order valence-corrected chi connectivity index (χ3v) is 3.74. The maximum absolute atomic E-state index is 6.09. The third-order valence-electron chi connectivity index (χ3n) is 2.57. The van der Waals surface area contributed by atoms with E-state index in [1.54, 1.807) is 11.3 Å². The van der Waals surface area contributed by atoms with Gasteiger partial charge in [-0.3, -0.25) is 0 Å². The normalized spacial score (nSPS) is 11.1. The van der Waals surface area contributed by atoms with Crippen molar-refractivity contribution in [2.24, 2.45) is 0 Å². The molecular formula is C12H9ClN2S. The van der Waals surface area contributed by atoms with E-state index in [9.17, 15) is 0 Å². The minimum Gasteiger partial charge on any atom is -0.338 e. The number of hydrogen-bond donors (Lipinski definition) is 1. The number of hydrogen-bond acceptors (Lipinski definition) is 2. The summed E-state index contributed by atoms with van der Waals surface area (Å²) in [5.41, 5.74) is 4.20. The number of nitrogens with one attached hydrogen (secondary N) is 1. The molecule has 2 nitrogen and oxygen atoms in total. The van der Waals surface area contributed by atoms with E-state index in [4.69, 9.17) is 11.6 Å². The van der Waals surface area contributed by atoms with Crippen LogP contribution in [0.1, 0.15) is 5.56 Å². The first-order chi connectivity index (χ1) is 7.75. The van der Waals surface area contributed by atoms with Crippen molar-refractivity contribution >= 4 is 34.0 Å². The molecule has 2 heterocycles. The van der Waals surface area contributed by atoms with E-state index in [1.165, 1.54) is 5.56 Å². The molecule has 16 heavy (non-hydrogen) atoms. The highest BCUT2D eigenvalue weighted by molar-refractivity contribution is 7.08. The van der Waals surface area contributed by atoms with E-state index < -0.39 is 0 Å². The van der Waals surface area contributed by atoms with Crippen LogP contribution < -0.4 is 0 Å². The number of rotatable bonds is 1. The van der Waals surface area contributed by atoms with Gasteiger partial charge in [0.05, 0.1) is 10.5 Å². The van der Waals surface area contributed by atoms with Crippen molar-refractivity contribution in [2.45, 2.75) is 6.92 Å². The van der Waals surface area contributed by atoms with Gasteiger partial charge in [-0.25, -0.2) is 4.98 Å². The molecule has 0 amide bonds. The highest BCUT2D eigenvalue weighted by Gasteiger charge is 2.09. The number of fused-ring (bicyclic) bond motifs is 1. The molecule has 0 atom stereocenters. The summed E-state index contributed by atoms with van der Waals surface area (Å²) < 4.78 is 0. The molecule has 1 N–H and O–H groups in total. The first kappa shape index (κ1) is 9.87. The van der Waals surface area contributed by atoms with Crippen LogP contribution in [0.5, 0.6) is 0 Å². The summed E-state index contributed by atoms with van der Waals surface area (Å²) in [6.07, 6.45) is 0. The number of H-pyrrole nitrogens is 1. The van der Waals surface area contributed by atoms with Gasteiger partial charge in [0.1, 0.15) is 11.3 Å². The van der Waals surface area contributed by atoms with Crippen LogP contribution in [0.15, 0.2) is 29.0 Å². The van der Waals surface area contributed by atoms with Gasteiger partial charge in [-0.1, -0.05) is 17.7 Å². The largest absolute Gasteiger partial charge is 0.338 e. The summed E-state index contributed by atoms with van der Waals surface area (Å²) in [5.74, 6) is 0.891. The van der Waals surface area contributed by atoms with E-state index in [0.717, 1.165) is 22.4 Å². The SMILES string of the molecule is Cc1cscc1-c1nc2c(Cl)cccc2[nH]1. The lowest BCUT2D eigenvalue weighted by molar-refractivity contribution is 1.32. The van der Waals surface area contributed by atoms with Crippen LogP contribution in [0, 0.1) is 6.92 Å². The predicted octanol–water partition coefficient (Wildman–Crippen LogP) is 4.25. The lowest BCUT2D eigenvalue weighted by Crippen LogP contribution is -1.78. The quantitative estimate of drug-likeness (QED) is 0.685. The summed E-state index contributed by atoms with van der Waals surface area (Å²) in [6, 6.07) is 5.77. The molecule has 3 aromatic rings. The van der Waals surface area contributed by atoms with Gasteiger partial charge in [0.25, 0.3) is 0 Å². The fourth-order valence-corrected chi connectivity index (χ4v) is 2.78. The average Bonchev–Trinajstić information content (AvgIpc) is 2.84. The Balaban J connectivity index is 2.27. The van der Waals surface area contributed by atoms with Gasteiger partial charge in [0.15, 0.2) is 0 Å². The van der Waals surface area contributed by atoms with E-state index >= 15 is 0 Å². The van der Waals surface area contributed by atoms with Gasteiger partial charge < -0.3 is 4.98 Å². The number of nitrogens with zero attached hydrogens (tertiary/aromatic N) is 1. The van der Waals surface area contributed by atoms with Crippen LogP contribution in [0.3, 0.4) is 0 Å². The van der Waals surface area contributed by atoms with Crippen molar-refractivity contribution in [3.63, 3.8) is 0 Å². The summed E-state index contributed by atoms with van der Waals surface area (Å²) in [5, 5.41) is 4.90. The molecule has 0 saturated carbocycles. The molecule has 0 unspecified atom stereocenters. The molecular weight excluding hydrogens is 240 g/mol. The number of aromatic nitrogens is 2. The highest BCUT2D eigenvalue weighted by atomic mass is 35.5. The van der Waals surface area contributed by atoms with Crippen molar-refractivity contribution < 1.29 is 0 Å². The van der Waals surface area contributed by atoms with Crippen molar-refractivity contribution in [2.75, 3.05) is 0 Å². The molecule has 0 aliphatic heterocycles. The van der Waals surface area contributed by atoms with Gasteiger partial charge in [-0.2, -0.15) is 11.3 Å². The van der Waals surface area contributed by atoms with E-state index in [1.807, 2.05) is 18.2 Å². The zero-order valence-corrected chi connectivity index (χ0v) is 10.2. The Hall–Kier alpha value is -1.32. The van der Waals surface area contributed by atoms with Gasteiger partial charge in [-0.05, 0) is 30.0 Å². The number of aryl methyl sites for hydroxylation is 1. The first-order valence-electron chi connectivity index (χ1n) is 4.93. The lowest BCUT2D eigenvalue weighted by Gasteiger charge is -1.92. The van der Waals surface area contributed by atoms with Gasteiger partial charge in [0, 0.05) is 10.9 Å². The molecule has 0 fully saturated rings. The van der Waals surface area contributed by atoms with Gasteiger partial charge >= 0.3 is 0 Å². The predicted molar refractivity (Wildman–Crippen MR) is 69.2 cm³/mol. The Labute approximate surface area is 102 Å². The molecule has 3 rings (SSSR count). The van der Waals surface area contributed by atoms with Crippen LogP contribution in [0.25, 0.3) is 22.4 Å². The van der Waals surface area contributed by atoms with Crippen molar-refractivity contribution in [1.29, 1.82) is 0 Å². The van der Waals surface area contributed by atoms with Crippen molar-refractivity contribution in [1.82, 2.24) is 9.97 Å². The monoisotopic (exact) mass is 248 g/mol. The first-order valence-corrected chi connectivity index (χ1v) is 6.25. The number of benzene rings is 1. The molecule has 0 bridgehead atoms. The van der Waals surface area contributed by atoms with E-state index in [0.29, 0.717) is 5.02 Å². The molecule has 0 saturated heterocycles. The Bertz CT molecular complexity index is 654. The number of thiophene rings is 1. The number of halogens is 1. The maximum Gasteiger partial charge on any atom is 0.139 e. The number of aromatic amines is 1. The molecule has 2 aromatic heterocycles. The number of para-hydroxylation sites is 1. The Kier molecular flexibility index (Phi) is 2.23. The molecule has 0 aliphatic rings. The summed E-state index contributed by atoms with van der Waals surface area (Å²) in [6.45, 7) is 2.08. The van der Waals surface area contributed by atoms with E-state index in [2.05, 4.69) is 27.7 Å². The van der Waals surface area contributed by atoms with Crippen LogP contribution >= 0.6 is 22.9 Å². The molecule has 0 spiro atoms. The fourth-order valence-electron chi connectivity index (χ4n) is 1.73. The minimum absolute atomic E-state index is 0.688. The molecule has 4 heteroatoms. The summed E-state index contributed by atoms with van der Waals surface area (Å²) in [7, 11) is 0. The highest BCUT2D eigenvalue weighted by Crippen LogP contribution is 2.28. The topological polar surface area (TPSA) is 28.7 Å². The second-order valence-electron chi connectivity index (χ2n) is 3.69. The minimum atomic E-state index is 0.688. The lowest BCUT2D eigenvalue weighted by atomic mass is 10.2. The fraction of sp³-hybridized carbons (Fsp3) is 0.0833. The smallest absolute Gasteiger partial charge is 0.139 e. The van der Waals surface area contributed by atoms with Crippen LogP contribution in [-0.2, 0) is 0 Å². The molecule has 1 aromatic carbocycles. The van der Waals surface area contributed by atoms with Crippen LogP contribution in [0.4, 0.5) is 0 Å². The van der Waals surface area contributed by atoms with Gasteiger partial charge in [-0.15, -0.1) is 0 Å². The van der Waals surface area contributed by atoms with Crippen molar-refractivity contribution in [3.8, 4) is 11.4 Å². The number of imidazole rings is 1. The zero-order valence-electron chi connectivity index (χ0n) is 8.62. The van der Waals surface area contributed by atoms with Crippen LogP contribution in [0.2, 0.25) is 5.02 Å². The summed E-state index contributed by atoms with van der Waals surface area (Å²) in [4.78, 5) is 7.83. The second-order valence-corrected chi connectivity index (χ2v) is 4.84. The Morgan fingerprint density at radius 1 is 1.31 bits per heavy atom. The zero-order chi connectivity index (χ0) is 11.1. The maximum atomic E-state index is 6.09. The third kappa shape index (κ3) is 1.44. The molecule has 0 aliphatic carbocycles. The Morgan fingerprint density at radius 2 is 2.19 bits per heavy atom.